The van der Waals surface area contributed by atoms with Gasteiger partial charge in [0.15, 0.2) is 0 Å². The lowest BCUT2D eigenvalue weighted by molar-refractivity contribution is -0.189. The lowest BCUT2D eigenvalue weighted by Gasteiger charge is -2.35. The van der Waals surface area contributed by atoms with E-state index < -0.39 is 12.1 Å². The van der Waals surface area contributed by atoms with Crippen molar-refractivity contribution in [1.29, 1.82) is 0 Å². The molecule has 0 aromatic carbocycles. The fourth-order valence-electron chi connectivity index (χ4n) is 3.05. The highest BCUT2D eigenvalue weighted by Gasteiger charge is 2.45. The number of alkyl halides is 3. The van der Waals surface area contributed by atoms with Crippen molar-refractivity contribution in [3.05, 3.63) is 0 Å². The Morgan fingerprint density at radius 2 is 1.83 bits per heavy atom. The van der Waals surface area contributed by atoms with E-state index in [9.17, 15) is 13.2 Å². The van der Waals surface area contributed by atoms with E-state index in [2.05, 4.69) is 5.32 Å². The molecule has 1 saturated heterocycles. The minimum atomic E-state index is -4.03. The Labute approximate surface area is 111 Å². The van der Waals surface area contributed by atoms with Gasteiger partial charge in [-0.1, -0.05) is 12.8 Å². The molecule has 0 aromatic heterocycles. The molecule has 5 heteroatoms. The zero-order chi connectivity index (χ0) is 13.0. The molecule has 3 unspecified atom stereocenters. The van der Waals surface area contributed by atoms with E-state index in [-0.39, 0.29) is 6.04 Å². The van der Waals surface area contributed by atoms with Crippen LogP contribution in [0.15, 0.2) is 0 Å². The van der Waals surface area contributed by atoms with Crippen LogP contribution in [0.4, 0.5) is 13.2 Å². The molecule has 1 heterocycles. The number of hydrogen-bond acceptors (Lipinski definition) is 2. The molecule has 0 spiro atoms. The van der Waals surface area contributed by atoms with Gasteiger partial charge in [-0.2, -0.15) is 24.9 Å². The van der Waals surface area contributed by atoms with E-state index in [1.54, 1.807) is 0 Å². The van der Waals surface area contributed by atoms with Crippen molar-refractivity contribution >= 4 is 11.8 Å². The molecule has 106 valence electrons. The molecule has 18 heavy (non-hydrogen) atoms. The Hall–Kier alpha value is 0.100. The van der Waals surface area contributed by atoms with Crippen molar-refractivity contribution in [2.75, 3.05) is 18.1 Å². The van der Waals surface area contributed by atoms with Gasteiger partial charge in [0.05, 0.1) is 5.92 Å². The van der Waals surface area contributed by atoms with Crippen LogP contribution in [0, 0.1) is 11.8 Å². The number of thioether (sulfide) groups is 1. The first kappa shape index (κ1) is 14.5. The minimum absolute atomic E-state index is 0.306. The molecule has 2 rings (SSSR count). The summed E-state index contributed by atoms with van der Waals surface area (Å²) in [6.45, 7) is 0.768. The maximum absolute atomic E-state index is 12.9. The van der Waals surface area contributed by atoms with Crippen molar-refractivity contribution in [1.82, 2.24) is 5.32 Å². The fourth-order valence-corrected chi connectivity index (χ4v) is 4.21. The summed E-state index contributed by atoms with van der Waals surface area (Å²) in [5.41, 5.74) is 0. The van der Waals surface area contributed by atoms with Crippen LogP contribution >= 0.6 is 11.8 Å². The van der Waals surface area contributed by atoms with Crippen molar-refractivity contribution in [3.8, 4) is 0 Å². The van der Waals surface area contributed by atoms with Gasteiger partial charge in [-0.3, -0.25) is 0 Å². The van der Waals surface area contributed by atoms with Crippen LogP contribution in [-0.2, 0) is 0 Å². The topological polar surface area (TPSA) is 12.0 Å². The third-order valence-corrected chi connectivity index (χ3v) is 5.39. The maximum Gasteiger partial charge on any atom is 0.393 e. The first-order chi connectivity index (χ1) is 8.57. The molecule has 0 bridgehead atoms. The summed E-state index contributed by atoms with van der Waals surface area (Å²) < 4.78 is 38.7. The summed E-state index contributed by atoms with van der Waals surface area (Å²) >= 11 is 1.93. The van der Waals surface area contributed by atoms with Gasteiger partial charge >= 0.3 is 6.18 Å². The zero-order valence-electron chi connectivity index (χ0n) is 10.6. The quantitative estimate of drug-likeness (QED) is 0.843. The third kappa shape index (κ3) is 4.05. The highest BCUT2D eigenvalue weighted by Crippen LogP contribution is 2.37. The number of hydrogen-bond donors (Lipinski definition) is 1. The van der Waals surface area contributed by atoms with Crippen LogP contribution in [0.5, 0.6) is 0 Å². The molecule has 2 aliphatic rings. The Bertz CT molecular complexity index is 251. The van der Waals surface area contributed by atoms with E-state index in [1.165, 1.54) is 18.6 Å². The summed E-state index contributed by atoms with van der Waals surface area (Å²) in [5.74, 6) is 1.77. The summed E-state index contributed by atoms with van der Waals surface area (Å²) in [6, 6.07) is -0.342. The van der Waals surface area contributed by atoms with E-state index in [0.29, 0.717) is 18.8 Å². The second-order valence-corrected chi connectivity index (χ2v) is 6.68. The largest absolute Gasteiger partial charge is 0.393 e. The van der Waals surface area contributed by atoms with Gasteiger partial charge < -0.3 is 5.32 Å². The van der Waals surface area contributed by atoms with E-state index in [1.807, 2.05) is 11.8 Å². The monoisotopic (exact) mass is 281 g/mol. The summed E-state index contributed by atoms with van der Waals surface area (Å²) in [6.07, 6.45) is 1.00. The van der Waals surface area contributed by atoms with E-state index in [4.69, 9.17) is 0 Å². The highest BCUT2D eigenvalue weighted by atomic mass is 32.2. The molecule has 1 saturated carbocycles. The van der Waals surface area contributed by atoms with Crippen molar-refractivity contribution < 1.29 is 13.2 Å². The van der Waals surface area contributed by atoms with Crippen LogP contribution in [-0.4, -0.2) is 30.3 Å². The molecule has 1 aliphatic carbocycles. The number of nitrogens with one attached hydrogen (secondary N) is 1. The molecule has 0 amide bonds. The molecule has 2 fully saturated rings. The molecule has 3 atom stereocenters. The summed E-state index contributed by atoms with van der Waals surface area (Å²) in [5, 5.41) is 3.21. The van der Waals surface area contributed by atoms with E-state index in [0.717, 1.165) is 25.1 Å². The Kier molecular flexibility index (Phi) is 5.24. The van der Waals surface area contributed by atoms with E-state index >= 15 is 0 Å². The second-order valence-electron chi connectivity index (χ2n) is 5.53. The Morgan fingerprint density at radius 1 is 1.06 bits per heavy atom. The Morgan fingerprint density at radius 3 is 2.50 bits per heavy atom. The molecular formula is C13H22F3NS. The predicted molar refractivity (Wildman–Crippen MR) is 69.9 cm³/mol. The van der Waals surface area contributed by atoms with Crippen molar-refractivity contribution in [2.24, 2.45) is 11.8 Å². The molecular weight excluding hydrogens is 259 g/mol. The lowest BCUT2D eigenvalue weighted by atomic mass is 9.83. The average Bonchev–Trinajstić information content (AvgIpc) is 2.37. The predicted octanol–water partition coefficient (Wildman–Crippen LogP) is 3.84. The van der Waals surface area contributed by atoms with Crippen LogP contribution < -0.4 is 5.32 Å². The SMILES string of the molecule is FC(F)(F)C1CCCCC1NCC1CCCSC1. The molecule has 1 N–H and O–H groups in total. The van der Waals surface area contributed by atoms with Gasteiger partial charge in [0.1, 0.15) is 0 Å². The molecule has 0 radical (unpaired) electrons. The first-order valence-electron chi connectivity index (χ1n) is 6.95. The maximum atomic E-state index is 12.9. The third-order valence-electron chi connectivity index (χ3n) is 4.11. The molecule has 0 aromatic rings. The molecule has 1 aliphatic heterocycles. The number of halogens is 3. The van der Waals surface area contributed by atoms with Gasteiger partial charge in [0.25, 0.3) is 0 Å². The zero-order valence-corrected chi connectivity index (χ0v) is 11.5. The van der Waals surface area contributed by atoms with Gasteiger partial charge in [-0.15, -0.1) is 0 Å². The first-order valence-corrected chi connectivity index (χ1v) is 8.10. The minimum Gasteiger partial charge on any atom is -0.313 e. The van der Waals surface area contributed by atoms with Gasteiger partial charge in [-0.25, -0.2) is 0 Å². The normalized spacial score (nSPS) is 34.5. The lowest BCUT2D eigenvalue weighted by Crippen LogP contribution is -2.47. The van der Waals surface area contributed by atoms with Gasteiger partial charge in [0.2, 0.25) is 0 Å². The van der Waals surface area contributed by atoms with Crippen LogP contribution in [0.3, 0.4) is 0 Å². The van der Waals surface area contributed by atoms with Crippen LogP contribution in [0.2, 0.25) is 0 Å². The number of rotatable bonds is 3. The molecule has 1 nitrogen and oxygen atoms in total. The average molecular weight is 281 g/mol. The van der Waals surface area contributed by atoms with Gasteiger partial charge in [0, 0.05) is 6.04 Å². The van der Waals surface area contributed by atoms with Crippen molar-refractivity contribution in [3.63, 3.8) is 0 Å². The Balaban J connectivity index is 1.81. The summed E-state index contributed by atoms with van der Waals surface area (Å²) in [4.78, 5) is 0. The highest BCUT2D eigenvalue weighted by molar-refractivity contribution is 7.99. The smallest absolute Gasteiger partial charge is 0.313 e. The van der Waals surface area contributed by atoms with Gasteiger partial charge in [-0.05, 0) is 49.7 Å². The second kappa shape index (κ2) is 6.51. The van der Waals surface area contributed by atoms with Crippen LogP contribution in [0.25, 0.3) is 0 Å². The fraction of sp³-hybridized carbons (Fsp3) is 1.00. The summed E-state index contributed by atoms with van der Waals surface area (Å²) in [7, 11) is 0. The van der Waals surface area contributed by atoms with Crippen molar-refractivity contribution in [2.45, 2.75) is 50.7 Å². The van der Waals surface area contributed by atoms with Crippen LogP contribution in [0.1, 0.15) is 38.5 Å². The standard InChI is InChI=1S/C13H22F3NS/c14-13(15,16)11-5-1-2-6-12(11)17-8-10-4-3-7-18-9-10/h10-12,17H,1-9H2.